The van der Waals surface area contributed by atoms with Gasteiger partial charge in [0.15, 0.2) is 5.82 Å². The van der Waals surface area contributed by atoms with Crippen molar-refractivity contribution in [2.24, 2.45) is 5.92 Å². The van der Waals surface area contributed by atoms with Gasteiger partial charge in [0, 0.05) is 50.2 Å². The highest BCUT2D eigenvalue weighted by Crippen LogP contribution is 2.23. The largest absolute Gasteiger partial charge is 0.337 e. The monoisotopic (exact) mass is 380 g/mol. The Balaban J connectivity index is 1.34. The molecule has 3 aromatic heterocycles. The summed E-state index contributed by atoms with van der Waals surface area (Å²) in [5, 5.41) is 8.31. The predicted molar refractivity (Wildman–Crippen MR) is 102 cm³/mol. The Morgan fingerprint density at radius 2 is 2.11 bits per heavy atom. The van der Waals surface area contributed by atoms with Crippen LogP contribution >= 0.6 is 0 Å². The normalized spacial score (nSPS) is 17.0. The Kier molecular flexibility index (Phi) is 5.45. The number of rotatable bonds is 6. The summed E-state index contributed by atoms with van der Waals surface area (Å²) in [6.45, 7) is 4.26. The number of hydrogen-bond acceptors (Lipinski definition) is 6. The second-order valence-electron chi connectivity index (χ2n) is 7.08. The van der Waals surface area contributed by atoms with Crippen molar-refractivity contribution in [3.63, 3.8) is 0 Å². The van der Waals surface area contributed by atoms with Crippen LogP contribution in [0.5, 0.6) is 0 Å². The smallest absolute Gasteiger partial charge is 0.272 e. The molecule has 1 fully saturated rings. The van der Waals surface area contributed by atoms with Gasteiger partial charge in [-0.2, -0.15) is 10.1 Å². The van der Waals surface area contributed by atoms with Gasteiger partial charge in [-0.15, -0.1) is 0 Å². The van der Waals surface area contributed by atoms with Crippen LogP contribution in [0.2, 0.25) is 0 Å². The number of carbonyl (C=O) groups excluding carboxylic acids is 1. The minimum Gasteiger partial charge on any atom is -0.337 e. The van der Waals surface area contributed by atoms with Gasteiger partial charge >= 0.3 is 0 Å². The molecule has 0 radical (unpaired) electrons. The number of piperidine rings is 1. The van der Waals surface area contributed by atoms with E-state index in [1.807, 2.05) is 24.0 Å². The van der Waals surface area contributed by atoms with Gasteiger partial charge in [0.1, 0.15) is 5.69 Å². The lowest BCUT2D eigenvalue weighted by Gasteiger charge is -2.32. The molecule has 0 saturated carbocycles. The molecule has 8 heteroatoms. The number of hydrogen-bond donors (Lipinski definition) is 0. The summed E-state index contributed by atoms with van der Waals surface area (Å²) >= 11 is 0. The fraction of sp³-hybridized carbons (Fsp3) is 0.450. The summed E-state index contributed by atoms with van der Waals surface area (Å²) in [7, 11) is 0. The summed E-state index contributed by atoms with van der Waals surface area (Å²) in [6, 6.07) is 5.50. The second kappa shape index (κ2) is 8.33. The number of likely N-dealkylation sites (tertiary alicyclic amines) is 1. The highest BCUT2D eigenvalue weighted by Gasteiger charge is 2.26. The molecule has 1 aliphatic rings. The third-order valence-electron chi connectivity index (χ3n) is 5.21. The first-order chi connectivity index (χ1) is 13.7. The van der Waals surface area contributed by atoms with Crippen molar-refractivity contribution in [2.75, 3.05) is 13.1 Å². The first kappa shape index (κ1) is 18.3. The van der Waals surface area contributed by atoms with Gasteiger partial charge < -0.3 is 9.42 Å². The van der Waals surface area contributed by atoms with E-state index in [0.29, 0.717) is 29.9 Å². The molecule has 1 amide bonds. The fourth-order valence-electron chi connectivity index (χ4n) is 3.71. The van der Waals surface area contributed by atoms with E-state index in [4.69, 9.17) is 4.52 Å². The van der Waals surface area contributed by atoms with Gasteiger partial charge in [-0.1, -0.05) is 5.16 Å². The number of pyridine rings is 1. The molecule has 1 atom stereocenters. The lowest BCUT2D eigenvalue weighted by Crippen LogP contribution is -2.40. The van der Waals surface area contributed by atoms with E-state index in [2.05, 4.69) is 20.2 Å². The topological polar surface area (TPSA) is 89.9 Å². The molecule has 8 nitrogen and oxygen atoms in total. The lowest BCUT2D eigenvalue weighted by atomic mass is 9.93. The molecule has 3 aromatic rings. The highest BCUT2D eigenvalue weighted by molar-refractivity contribution is 5.92. The Labute approximate surface area is 163 Å². The van der Waals surface area contributed by atoms with E-state index in [0.717, 1.165) is 44.3 Å². The van der Waals surface area contributed by atoms with Crippen LogP contribution in [0.4, 0.5) is 0 Å². The average Bonchev–Trinajstić information content (AvgIpc) is 3.42. The highest BCUT2D eigenvalue weighted by atomic mass is 16.5. The van der Waals surface area contributed by atoms with Crippen LogP contribution in [-0.4, -0.2) is 48.8 Å². The van der Waals surface area contributed by atoms with Crippen LogP contribution in [0.1, 0.15) is 42.5 Å². The standard InChI is InChI=1S/C20H24N6O2/c1-2-26-17(9-12-22-26)20(27)25-13-3-4-15(14-25)5-6-18-23-19(28-24-18)16-7-10-21-11-8-16/h7-12,15H,2-6,13-14H2,1H3. The molecule has 0 spiro atoms. The second-order valence-corrected chi connectivity index (χ2v) is 7.08. The van der Waals surface area contributed by atoms with Gasteiger partial charge in [0.25, 0.3) is 11.8 Å². The van der Waals surface area contributed by atoms with E-state index < -0.39 is 0 Å². The minimum absolute atomic E-state index is 0.0728. The molecule has 1 aliphatic heterocycles. The quantitative estimate of drug-likeness (QED) is 0.653. The molecule has 0 N–H and O–H groups in total. The zero-order valence-corrected chi connectivity index (χ0v) is 16.0. The zero-order valence-electron chi connectivity index (χ0n) is 16.0. The van der Waals surface area contributed by atoms with E-state index in [-0.39, 0.29) is 5.91 Å². The van der Waals surface area contributed by atoms with Crippen LogP contribution in [-0.2, 0) is 13.0 Å². The molecule has 0 aliphatic carbocycles. The Bertz CT molecular complexity index is 920. The van der Waals surface area contributed by atoms with Crippen molar-refractivity contribution >= 4 is 5.91 Å². The van der Waals surface area contributed by atoms with Gasteiger partial charge in [-0.25, -0.2) is 0 Å². The molecular weight excluding hydrogens is 356 g/mol. The summed E-state index contributed by atoms with van der Waals surface area (Å²) in [5.74, 6) is 1.74. The maximum Gasteiger partial charge on any atom is 0.272 e. The van der Waals surface area contributed by atoms with E-state index in [1.54, 1.807) is 29.3 Å². The van der Waals surface area contributed by atoms with Gasteiger partial charge in [-0.3, -0.25) is 14.5 Å². The third-order valence-corrected chi connectivity index (χ3v) is 5.21. The fourth-order valence-corrected chi connectivity index (χ4v) is 3.71. The van der Waals surface area contributed by atoms with Crippen LogP contribution in [0, 0.1) is 5.92 Å². The molecule has 0 bridgehead atoms. The Morgan fingerprint density at radius 3 is 2.93 bits per heavy atom. The van der Waals surface area contributed by atoms with Crippen LogP contribution < -0.4 is 0 Å². The molecular formula is C20H24N6O2. The number of carbonyl (C=O) groups is 1. The van der Waals surface area contributed by atoms with Gasteiger partial charge in [0.2, 0.25) is 0 Å². The number of amides is 1. The summed E-state index contributed by atoms with van der Waals surface area (Å²) in [5.41, 5.74) is 1.54. The van der Waals surface area contributed by atoms with E-state index >= 15 is 0 Å². The Hall–Kier alpha value is -3.03. The van der Waals surface area contributed by atoms with Crippen molar-refractivity contribution in [2.45, 2.75) is 39.2 Å². The van der Waals surface area contributed by atoms with Crippen molar-refractivity contribution in [1.29, 1.82) is 0 Å². The molecule has 1 saturated heterocycles. The molecule has 4 rings (SSSR count). The van der Waals surface area contributed by atoms with Crippen LogP contribution in [0.15, 0.2) is 41.3 Å². The lowest BCUT2D eigenvalue weighted by molar-refractivity contribution is 0.0655. The van der Waals surface area contributed by atoms with E-state index in [1.165, 1.54) is 0 Å². The molecule has 1 unspecified atom stereocenters. The van der Waals surface area contributed by atoms with Crippen LogP contribution in [0.25, 0.3) is 11.5 Å². The Morgan fingerprint density at radius 1 is 1.25 bits per heavy atom. The summed E-state index contributed by atoms with van der Waals surface area (Å²) in [6.07, 6.45) is 8.92. The maximum absolute atomic E-state index is 12.8. The number of aryl methyl sites for hydroxylation is 2. The average molecular weight is 380 g/mol. The van der Waals surface area contributed by atoms with Crippen molar-refractivity contribution in [1.82, 2.24) is 29.8 Å². The first-order valence-electron chi connectivity index (χ1n) is 9.78. The minimum atomic E-state index is 0.0728. The van der Waals surface area contributed by atoms with Gasteiger partial charge in [-0.05, 0) is 50.3 Å². The predicted octanol–water partition coefficient (Wildman–Crippen LogP) is 2.83. The van der Waals surface area contributed by atoms with Crippen LogP contribution in [0.3, 0.4) is 0 Å². The van der Waals surface area contributed by atoms with Crippen molar-refractivity contribution in [3.8, 4) is 11.5 Å². The summed E-state index contributed by atoms with van der Waals surface area (Å²) < 4.78 is 7.12. The van der Waals surface area contributed by atoms with Gasteiger partial charge in [0.05, 0.1) is 0 Å². The van der Waals surface area contributed by atoms with Crippen molar-refractivity contribution < 1.29 is 9.32 Å². The summed E-state index contributed by atoms with van der Waals surface area (Å²) in [4.78, 5) is 23.3. The molecule has 4 heterocycles. The third kappa shape index (κ3) is 3.95. The first-order valence-corrected chi connectivity index (χ1v) is 9.78. The zero-order chi connectivity index (χ0) is 19.3. The van der Waals surface area contributed by atoms with E-state index in [9.17, 15) is 4.79 Å². The molecule has 0 aromatic carbocycles. The number of aromatic nitrogens is 5. The number of nitrogens with zero attached hydrogens (tertiary/aromatic N) is 6. The SMILES string of the molecule is CCn1nccc1C(=O)N1CCCC(CCc2noc(-c3ccncc3)n2)C1. The van der Waals surface area contributed by atoms with Crippen molar-refractivity contribution in [3.05, 3.63) is 48.3 Å². The molecule has 28 heavy (non-hydrogen) atoms. The molecule has 146 valence electrons. The maximum atomic E-state index is 12.8.